The summed E-state index contributed by atoms with van der Waals surface area (Å²) in [6.07, 6.45) is 1.60. The Morgan fingerprint density at radius 2 is 1.87 bits per heavy atom. The molecule has 0 saturated carbocycles. The molecular weight excluding hydrogens is 304 g/mol. The molecule has 1 fully saturated rings. The average Bonchev–Trinajstić information content (AvgIpc) is 2.54. The van der Waals surface area contributed by atoms with Crippen molar-refractivity contribution in [3.05, 3.63) is 53.7 Å². The van der Waals surface area contributed by atoms with Gasteiger partial charge in [0.05, 0.1) is 18.8 Å². The van der Waals surface area contributed by atoms with Crippen molar-refractivity contribution >= 4 is 17.4 Å². The lowest BCUT2D eigenvalue weighted by Gasteiger charge is -2.29. The molecule has 1 amide bonds. The van der Waals surface area contributed by atoms with E-state index >= 15 is 0 Å². The molecule has 5 nitrogen and oxygen atoms in total. The predicted octanol–water partition coefficient (Wildman–Crippen LogP) is 2.45. The van der Waals surface area contributed by atoms with Gasteiger partial charge < -0.3 is 15.0 Å². The SMILES string of the molecule is O=C(Nc1cc(F)cc(F)c1)c1cccnc1N1CCOCC1. The molecule has 1 aliphatic heterocycles. The number of ether oxygens (including phenoxy) is 1. The zero-order chi connectivity index (χ0) is 16.2. The number of anilines is 2. The third kappa shape index (κ3) is 3.62. The van der Waals surface area contributed by atoms with E-state index < -0.39 is 17.5 Å². The highest BCUT2D eigenvalue weighted by molar-refractivity contribution is 6.07. The number of amides is 1. The Hall–Kier alpha value is -2.54. The largest absolute Gasteiger partial charge is 0.378 e. The van der Waals surface area contributed by atoms with Crippen LogP contribution in [0.1, 0.15) is 10.4 Å². The van der Waals surface area contributed by atoms with E-state index in [1.165, 1.54) is 0 Å². The Labute approximate surface area is 131 Å². The molecule has 1 aromatic heterocycles. The first-order valence-corrected chi connectivity index (χ1v) is 7.18. The van der Waals surface area contributed by atoms with Crippen molar-refractivity contribution in [1.82, 2.24) is 4.98 Å². The molecule has 3 rings (SSSR count). The van der Waals surface area contributed by atoms with Crippen molar-refractivity contribution in [3.63, 3.8) is 0 Å². The highest BCUT2D eigenvalue weighted by Crippen LogP contribution is 2.21. The second kappa shape index (κ2) is 6.70. The third-order valence-electron chi connectivity index (χ3n) is 3.46. The van der Waals surface area contributed by atoms with Crippen LogP contribution >= 0.6 is 0 Å². The first-order chi connectivity index (χ1) is 11.1. The molecule has 0 spiro atoms. The van der Waals surface area contributed by atoms with Gasteiger partial charge in [0.15, 0.2) is 0 Å². The fourth-order valence-corrected chi connectivity index (χ4v) is 2.43. The summed E-state index contributed by atoms with van der Waals surface area (Å²) < 4.78 is 31.7. The van der Waals surface area contributed by atoms with E-state index in [9.17, 15) is 13.6 Å². The van der Waals surface area contributed by atoms with Gasteiger partial charge in [-0.2, -0.15) is 0 Å². The number of benzene rings is 1. The van der Waals surface area contributed by atoms with E-state index in [1.54, 1.807) is 18.3 Å². The number of hydrogen-bond donors (Lipinski definition) is 1. The standard InChI is InChI=1S/C16H15F2N3O2/c17-11-8-12(18)10-13(9-11)20-16(22)14-2-1-3-19-15(14)21-4-6-23-7-5-21/h1-3,8-10H,4-7H2,(H,20,22). The van der Waals surface area contributed by atoms with Gasteiger partial charge in [0, 0.05) is 31.0 Å². The first-order valence-electron chi connectivity index (χ1n) is 7.18. The molecule has 1 aliphatic rings. The number of nitrogens with zero attached hydrogens (tertiary/aromatic N) is 2. The second-order valence-corrected chi connectivity index (χ2v) is 5.09. The summed E-state index contributed by atoms with van der Waals surface area (Å²) in [5.74, 6) is -1.44. The van der Waals surface area contributed by atoms with E-state index in [1.807, 2.05) is 4.90 Å². The predicted molar refractivity (Wildman–Crippen MR) is 81.6 cm³/mol. The van der Waals surface area contributed by atoms with Gasteiger partial charge in [-0.1, -0.05) is 0 Å². The number of halogens is 2. The first kappa shape index (κ1) is 15.4. The van der Waals surface area contributed by atoms with Crippen LogP contribution in [0.5, 0.6) is 0 Å². The number of morpholine rings is 1. The average molecular weight is 319 g/mol. The van der Waals surface area contributed by atoms with Gasteiger partial charge in [-0.3, -0.25) is 4.79 Å². The summed E-state index contributed by atoms with van der Waals surface area (Å²) in [5.41, 5.74) is 0.406. The minimum Gasteiger partial charge on any atom is -0.378 e. The van der Waals surface area contributed by atoms with Crippen molar-refractivity contribution in [1.29, 1.82) is 0 Å². The van der Waals surface area contributed by atoms with Crippen LogP contribution in [0.3, 0.4) is 0 Å². The number of nitrogens with one attached hydrogen (secondary N) is 1. The molecule has 23 heavy (non-hydrogen) atoms. The summed E-state index contributed by atoms with van der Waals surface area (Å²) in [5, 5.41) is 2.50. The molecule has 0 atom stereocenters. The molecule has 2 heterocycles. The Kier molecular flexibility index (Phi) is 4.47. The maximum Gasteiger partial charge on any atom is 0.259 e. The number of hydrogen-bond acceptors (Lipinski definition) is 4. The molecule has 0 aliphatic carbocycles. The summed E-state index contributed by atoms with van der Waals surface area (Å²) in [7, 11) is 0. The van der Waals surface area contributed by atoms with E-state index in [0.717, 1.165) is 18.2 Å². The van der Waals surface area contributed by atoms with Gasteiger partial charge in [0.2, 0.25) is 0 Å². The summed E-state index contributed by atoms with van der Waals surface area (Å²) in [4.78, 5) is 18.7. The Bertz CT molecular complexity index is 698. The lowest BCUT2D eigenvalue weighted by Crippen LogP contribution is -2.38. The normalized spacial score (nSPS) is 14.6. The van der Waals surface area contributed by atoms with Gasteiger partial charge in [0.1, 0.15) is 17.5 Å². The minimum atomic E-state index is -0.750. The Balaban J connectivity index is 1.84. The molecular formula is C16H15F2N3O2. The van der Waals surface area contributed by atoms with Crippen LogP contribution in [0.4, 0.5) is 20.3 Å². The summed E-state index contributed by atoms with van der Waals surface area (Å²) >= 11 is 0. The number of carbonyl (C=O) groups excluding carboxylic acids is 1. The lowest BCUT2D eigenvalue weighted by molar-refractivity contribution is 0.102. The summed E-state index contributed by atoms with van der Waals surface area (Å²) in [6.45, 7) is 2.39. The van der Waals surface area contributed by atoms with Crippen LogP contribution in [0, 0.1) is 11.6 Å². The molecule has 0 bridgehead atoms. The van der Waals surface area contributed by atoms with E-state index in [4.69, 9.17) is 4.74 Å². The second-order valence-electron chi connectivity index (χ2n) is 5.09. The lowest BCUT2D eigenvalue weighted by atomic mass is 10.2. The van der Waals surface area contributed by atoms with E-state index in [2.05, 4.69) is 10.3 Å². The number of aromatic nitrogens is 1. The van der Waals surface area contributed by atoms with Gasteiger partial charge in [-0.15, -0.1) is 0 Å². The molecule has 0 unspecified atom stereocenters. The number of carbonyl (C=O) groups is 1. The third-order valence-corrected chi connectivity index (χ3v) is 3.46. The van der Waals surface area contributed by atoms with E-state index in [-0.39, 0.29) is 5.69 Å². The van der Waals surface area contributed by atoms with Crippen molar-refractivity contribution in [2.24, 2.45) is 0 Å². The van der Waals surface area contributed by atoms with Crippen LogP contribution in [0.15, 0.2) is 36.5 Å². The molecule has 120 valence electrons. The van der Waals surface area contributed by atoms with Gasteiger partial charge >= 0.3 is 0 Å². The van der Waals surface area contributed by atoms with Crippen molar-refractivity contribution < 1.29 is 18.3 Å². The van der Waals surface area contributed by atoms with Crippen molar-refractivity contribution in [2.75, 3.05) is 36.5 Å². The number of rotatable bonds is 3. The van der Waals surface area contributed by atoms with Crippen LogP contribution in [-0.4, -0.2) is 37.2 Å². The topological polar surface area (TPSA) is 54.5 Å². The highest BCUT2D eigenvalue weighted by Gasteiger charge is 2.20. The highest BCUT2D eigenvalue weighted by atomic mass is 19.1. The maximum atomic E-state index is 13.2. The molecule has 2 aromatic rings. The fraction of sp³-hybridized carbons (Fsp3) is 0.250. The molecule has 1 saturated heterocycles. The molecule has 1 aromatic carbocycles. The molecule has 7 heteroatoms. The van der Waals surface area contributed by atoms with E-state index in [0.29, 0.717) is 37.7 Å². The van der Waals surface area contributed by atoms with Crippen LogP contribution < -0.4 is 10.2 Å². The number of pyridine rings is 1. The Morgan fingerprint density at radius 3 is 2.57 bits per heavy atom. The van der Waals surface area contributed by atoms with Gasteiger partial charge in [0.25, 0.3) is 5.91 Å². The van der Waals surface area contributed by atoms with Crippen molar-refractivity contribution in [2.45, 2.75) is 0 Å². The minimum absolute atomic E-state index is 0.0595. The maximum absolute atomic E-state index is 13.2. The van der Waals surface area contributed by atoms with Gasteiger partial charge in [-0.05, 0) is 24.3 Å². The van der Waals surface area contributed by atoms with Crippen molar-refractivity contribution in [3.8, 4) is 0 Å². The molecule has 1 N–H and O–H groups in total. The molecule has 0 radical (unpaired) electrons. The quantitative estimate of drug-likeness (QED) is 0.944. The zero-order valence-corrected chi connectivity index (χ0v) is 12.3. The monoisotopic (exact) mass is 319 g/mol. The van der Waals surface area contributed by atoms with Gasteiger partial charge in [-0.25, -0.2) is 13.8 Å². The smallest absolute Gasteiger partial charge is 0.259 e. The van der Waals surface area contributed by atoms with Crippen LogP contribution in [0.2, 0.25) is 0 Å². The Morgan fingerprint density at radius 1 is 1.17 bits per heavy atom. The summed E-state index contributed by atoms with van der Waals surface area (Å²) in [6, 6.07) is 6.14. The fourth-order valence-electron chi connectivity index (χ4n) is 2.43. The van der Waals surface area contributed by atoms with Crippen LogP contribution in [0.25, 0.3) is 0 Å². The van der Waals surface area contributed by atoms with Crippen LogP contribution in [-0.2, 0) is 4.74 Å². The zero-order valence-electron chi connectivity index (χ0n) is 12.3.